The molecule has 6 heteroatoms. The number of carbonyl (C=O) groups excluding carboxylic acids is 1. The second-order valence-corrected chi connectivity index (χ2v) is 4.62. The molecule has 2 aromatic rings. The van der Waals surface area contributed by atoms with Crippen LogP contribution in [0.2, 0.25) is 0 Å². The quantitative estimate of drug-likeness (QED) is 0.353. The third-order valence-corrected chi connectivity index (χ3v) is 3.23. The summed E-state index contributed by atoms with van der Waals surface area (Å²) in [6, 6.07) is 10.6. The number of hydrogen-bond donors (Lipinski definition) is 0. The minimum Gasteiger partial charge on any atom is -0.504 e. The molecular formula is C17H15NO5. The maximum Gasteiger partial charge on any atom is 0.269 e. The minimum absolute atomic E-state index is 0.0632. The molecule has 0 unspecified atom stereocenters. The van der Waals surface area contributed by atoms with Gasteiger partial charge in [-0.3, -0.25) is 14.9 Å². The fraction of sp³-hybridized carbons (Fsp3) is 0.118. The van der Waals surface area contributed by atoms with Gasteiger partial charge in [-0.05, 0) is 35.9 Å². The van der Waals surface area contributed by atoms with Gasteiger partial charge in [0.2, 0.25) is 0 Å². The first kappa shape index (κ1) is 16.2. The van der Waals surface area contributed by atoms with E-state index in [1.165, 1.54) is 44.7 Å². The molecule has 0 spiro atoms. The minimum atomic E-state index is -0.507. The van der Waals surface area contributed by atoms with Crippen LogP contribution in [0.15, 0.2) is 48.7 Å². The largest absolute Gasteiger partial charge is 0.504 e. The highest BCUT2D eigenvalue weighted by Crippen LogP contribution is 2.23. The van der Waals surface area contributed by atoms with Crippen LogP contribution >= 0.6 is 0 Å². The highest BCUT2D eigenvalue weighted by atomic mass is 16.6. The molecule has 0 bridgehead atoms. The van der Waals surface area contributed by atoms with E-state index in [2.05, 4.69) is 0 Å². The van der Waals surface area contributed by atoms with Gasteiger partial charge in [0, 0.05) is 23.3 Å². The van der Waals surface area contributed by atoms with Crippen LogP contribution in [0.4, 0.5) is 5.69 Å². The maximum atomic E-state index is 12.7. The third-order valence-electron chi connectivity index (χ3n) is 3.23. The van der Waals surface area contributed by atoms with Crippen LogP contribution in [-0.4, -0.2) is 24.9 Å². The van der Waals surface area contributed by atoms with Crippen LogP contribution in [0, 0.1) is 10.1 Å². The molecule has 118 valence electrons. The van der Waals surface area contributed by atoms with Crippen molar-refractivity contribution in [1.82, 2.24) is 0 Å². The van der Waals surface area contributed by atoms with Crippen molar-refractivity contribution in [2.24, 2.45) is 0 Å². The average Bonchev–Trinajstić information content (AvgIpc) is 2.59. The topological polar surface area (TPSA) is 78.7 Å². The summed E-state index contributed by atoms with van der Waals surface area (Å²) in [6.07, 6.45) is 3.13. The zero-order valence-electron chi connectivity index (χ0n) is 12.7. The molecule has 0 aliphatic rings. The summed E-state index contributed by atoms with van der Waals surface area (Å²) in [4.78, 5) is 22.9. The molecule has 6 nitrogen and oxygen atoms in total. The number of nitrogens with zero attached hydrogens (tertiary/aromatic N) is 1. The Morgan fingerprint density at radius 3 is 2.39 bits per heavy atom. The van der Waals surface area contributed by atoms with Gasteiger partial charge in [0.25, 0.3) is 5.69 Å². The van der Waals surface area contributed by atoms with Crippen LogP contribution in [0.3, 0.4) is 0 Å². The predicted octanol–water partition coefficient (Wildman–Crippen LogP) is 3.45. The van der Waals surface area contributed by atoms with Gasteiger partial charge in [-0.25, -0.2) is 0 Å². The predicted molar refractivity (Wildman–Crippen MR) is 85.6 cm³/mol. The Hall–Kier alpha value is -3.15. The fourth-order valence-electron chi connectivity index (χ4n) is 2.04. The van der Waals surface area contributed by atoms with Gasteiger partial charge >= 0.3 is 0 Å². The Labute approximate surface area is 133 Å². The van der Waals surface area contributed by atoms with E-state index in [-0.39, 0.29) is 11.5 Å². The highest BCUT2D eigenvalue weighted by molar-refractivity contribution is 6.11. The molecule has 0 saturated heterocycles. The van der Waals surface area contributed by atoms with E-state index in [9.17, 15) is 14.9 Å². The van der Waals surface area contributed by atoms with Crippen LogP contribution < -0.4 is 4.74 Å². The van der Waals surface area contributed by atoms with E-state index >= 15 is 0 Å². The van der Waals surface area contributed by atoms with Crippen LogP contribution in [-0.2, 0) is 4.74 Å². The van der Waals surface area contributed by atoms with Crippen molar-refractivity contribution >= 4 is 17.5 Å². The number of carbonyl (C=O) groups is 1. The second kappa shape index (κ2) is 7.22. The van der Waals surface area contributed by atoms with Crippen molar-refractivity contribution in [2.75, 3.05) is 14.2 Å². The number of methoxy groups -OCH3 is 2. The highest BCUT2D eigenvalue weighted by Gasteiger charge is 2.15. The molecule has 2 aromatic carbocycles. The van der Waals surface area contributed by atoms with Crippen molar-refractivity contribution in [2.45, 2.75) is 0 Å². The first-order valence-electron chi connectivity index (χ1n) is 6.73. The number of hydrogen-bond acceptors (Lipinski definition) is 5. The van der Waals surface area contributed by atoms with Crippen molar-refractivity contribution in [3.63, 3.8) is 0 Å². The van der Waals surface area contributed by atoms with Gasteiger partial charge in [0.1, 0.15) is 5.75 Å². The molecule has 0 N–H and O–H groups in total. The number of rotatable bonds is 6. The molecule has 0 aliphatic carbocycles. The van der Waals surface area contributed by atoms with Gasteiger partial charge in [-0.1, -0.05) is 6.07 Å². The molecule has 23 heavy (non-hydrogen) atoms. The zero-order valence-corrected chi connectivity index (χ0v) is 12.7. The van der Waals surface area contributed by atoms with Crippen LogP contribution in [0.25, 0.3) is 6.08 Å². The van der Waals surface area contributed by atoms with Crippen molar-refractivity contribution in [3.8, 4) is 5.75 Å². The summed E-state index contributed by atoms with van der Waals surface area (Å²) in [6.45, 7) is 0. The first-order chi connectivity index (χ1) is 11.1. The van der Waals surface area contributed by atoms with Crippen molar-refractivity contribution < 1.29 is 19.2 Å². The summed E-state index contributed by atoms with van der Waals surface area (Å²) in [5.74, 6) is 0.291. The molecule has 0 heterocycles. The van der Waals surface area contributed by atoms with Gasteiger partial charge < -0.3 is 9.47 Å². The summed E-state index contributed by atoms with van der Waals surface area (Å²) in [5, 5.41) is 10.7. The summed E-state index contributed by atoms with van der Waals surface area (Å²) in [5.41, 5.74) is 1.38. The maximum absolute atomic E-state index is 12.7. The summed E-state index contributed by atoms with van der Waals surface area (Å²) >= 11 is 0. The number of ketones is 1. The van der Waals surface area contributed by atoms with Crippen LogP contribution in [0.5, 0.6) is 5.75 Å². The zero-order chi connectivity index (χ0) is 16.8. The number of non-ortho nitro benzene ring substituents is 1. The lowest BCUT2D eigenvalue weighted by atomic mass is 9.98. The van der Waals surface area contributed by atoms with Crippen molar-refractivity contribution in [3.05, 3.63) is 75.5 Å². The fourth-order valence-corrected chi connectivity index (χ4v) is 2.04. The van der Waals surface area contributed by atoms with E-state index in [0.717, 1.165) is 0 Å². The molecular weight excluding hydrogens is 298 g/mol. The van der Waals surface area contributed by atoms with Gasteiger partial charge in [-0.15, -0.1) is 0 Å². The summed E-state index contributed by atoms with van der Waals surface area (Å²) < 4.78 is 10.0. The molecule has 2 rings (SSSR count). The molecule has 0 fully saturated rings. The van der Waals surface area contributed by atoms with E-state index in [0.29, 0.717) is 22.4 Å². The number of nitro benzene ring substituents is 1. The lowest BCUT2D eigenvalue weighted by Gasteiger charge is -2.08. The summed E-state index contributed by atoms with van der Waals surface area (Å²) in [7, 11) is 3.03. The molecule has 0 atom stereocenters. The van der Waals surface area contributed by atoms with E-state index in [1.54, 1.807) is 24.3 Å². The van der Waals surface area contributed by atoms with Crippen LogP contribution in [0.1, 0.15) is 21.5 Å². The standard InChI is InChI=1S/C17H15NO5/c1-22-10-9-12-5-8-15(23-2)11-16(12)17(19)13-3-6-14(7-4-13)18(20)21/h3-11H,1-2H3/b10-9+. The Balaban J connectivity index is 2.43. The second-order valence-electron chi connectivity index (χ2n) is 4.62. The number of benzene rings is 2. The van der Waals surface area contributed by atoms with E-state index in [1.807, 2.05) is 0 Å². The molecule has 0 radical (unpaired) electrons. The molecule has 0 saturated carbocycles. The van der Waals surface area contributed by atoms with Gasteiger partial charge in [0.15, 0.2) is 5.78 Å². The number of ether oxygens (including phenoxy) is 2. The molecule has 0 amide bonds. The lowest BCUT2D eigenvalue weighted by molar-refractivity contribution is -0.384. The normalized spacial score (nSPS) is 10.5. The third kappa shape index (κ3) is 3.74. The SMILES string of the molecule is CO/C=C/c1ccc(OC)cc1C(=O)c1ccc([N+](=O)[O-])cc1. The monoisotopic (exact) mass is 313 g/mol. The average molecular weight is 313 g/mol. The first-order valence-corrected chi connectivity index (χ1v) is 6.73. The Morgan fingerprint density at radius 1 is 1.13 bits per heavy atom. The van der Waals surface area contributed by atoms with Crippen molar-refractivity contribution in [1.29, 1.82) is 0 Å². The van der Waals surface area contributed by atoms with E-state index in [4.69, 9.17) is 9.47 Å². The Bertz CT molecular complexity index is 750. The molecule has 0 aromatic heterocycles. The number of nitro groups is 1. The Kier molecular flexibility index (Phi) is 5.09. The smallest absolute Gasteiger partial charge is 0.269 e. The van der Waals surface area contributed by atoms with E-state index < -0.39 is 4.92 Å². The van der Waals surface area contributed by atoms with Gasteiger partial charge in [0.05, 0.1) is 25.4 Å². The molecule has 0 aliphatic heterocycles. The Morgan fingerprint density at radius 2 is 1.83 bits per heavy atom. The lowest BCUT2D eigenvalue weighted by Crippen LogP contribution is -2.04. The van der Waals surface area contributed by atoms with Gasteiger partial charge in [-0.2, -0.15) is 0 Å².